The van der Waals surface area contributed by atoms with Crippen molar-refractivity contribution >= 4 is 10.8 Å². The van der Waals surface area contributed by atoms with E-state index in [2.05, 4.69) is 71.8 Å². The summed E-state index contributed by atoms with van der Waals surface area (Å²) in [6.45, 7) is 3.03. The van der Waals surface area contributed by atoms with E-state index in [-0.39, 0.29) is 6.04 Å². The highest BCUT2D eigenvalue weighted by atomic mass is 14.9. The Morgan fingerprint density at radius 1 is 0.950 bits per heavy atom. The van der Waals surface area contributed by atoms with Crippen molar-refractivity contribution in [3.63, 3.8) is 0 Å². The number of aromatic nitrogens is 1. The molecule has 20 heavy (non-hydrogen) atoms. The Morgan fingerprint density at radius 3 is 2.50 bits per heavy atom. The molecule has 1 unspecified atom stereocenters. The molecular formula is C18H18N2. The van der Waals surface area contributed by atoms with Crippen LogP contribution < -0.4 is 5.32 Å². The fourth-order valence-electron chi connectivity index (χ4n) is 2.60. The second kappa shape index (κ2) is 5.85. The Balaban J connectivity index is 2.15. The maximum absolute atomic E-state index is 4.64. The summed E-state index contributed by atoms with van der Waals surface area (Å²) < 4.78 is 0. The Kier molecular flexibility index (Phi) is 3.75. The number of benzene rings is 2. The molecule has 0 aliphatic heterocycles. The van der Waals surface area contributed by atoms with Gasteiger partial charge in [-0.15, -0.1) is 0 Å². The van der Waals surface area contributed by atoms with Crippen LogP contribution in [0, 0.1) is 0 Å². The van der Waals surface area contributed by atoms with Crippen molar-refractivity contribution < 1.29 is 0 Å². The van der Waals surface area contributed by atoms with E-state index in [9.17, 15) is 0 Å². The first-order chi connectivity index (χ1) is 9.90. The molecule has 0 saturated carbocycles. The molecule has 0 fully saturated rings. The number of hydrogen-bond acceptors (Lipinski definition) is 2. The van der Waals surface area contributed by atoms with Gasteiger partial charge in [-0.25, -0.2) is 0 Å². The Morgan fingerprint density at radius 2 is 1.70 bits per heavy atom. The van der Waals surface area contributed by atoms with Crippen LogP contribution in [0.5, 0.6) is 0 Å². The van der Waals surface area contributed by atoms with Crippen molar-refractivity contribution in [3.8, 4) is 0 Å². The van der Waals surface area contributed by atoms with Crippen molar-refractivity contribution in [1.29, 1.82) is 0 Å². The molecule has 1 N–H and O–H groups in total. The molecule has 0 aliphatic rings. The average Bonchev–Trinajstić information content (AvgIpc) is 2.53. The lowest BCUT2D eigenvalue weighted by Gasteiger charge is -2.19. The maximum Gasteiger partial charge on any atom is 0.0757 e. The molecule has 3 rings (SSSR count). The molecule has 0 radical (unpaired) electrons. The van der Waals surface area contributed by atoms with Crippen molar-refractivity contribution in [1.82, 2.24) is 10.3 Å². The predicted octanol–water partition coefficient (Wildman–Crippen LogP) is 3.93. The van der Waals surface area contributed by atoms with E-state index in [0.717, 1.165) is 12.2 Å². The van der Waals surface area contributed by atoms with Gasteiger partial charge in [-0.2, -0.15) is 0 Å². The molecule has 1 heterocycles. The minimum atomic E-state index is 0.132. The van der Waals surface area contributed by atoms with Crippen LogP contribution in [-0.4, -0.2) is 11.5 Å². The molecule has 0 saturated heterocycles. The Bertz CT molecular complexity index is 687. The van der Waals surface area contributed by atoms with Gasteiger partial charge in [0.2, 0.25) is 0 Å². The summed E-state index contributed by atoms with van der Waals surface area (Å²) in [5, 5.41) is 5.99. The summed E-state index contributed by atoms with van der Waals surface area (Å²) in [5.74, 6) is 0. The molecule has 3 aromatic rings. The first kappa shape index (κ1) is 12.8. The van der Waals surface area contributed by atoms with E-state index in [4.69, 9.17) is 0 Å². The van der Waals surface area contributed by atoms with Crippen molar-refractivity contribution in [3.05, 3.63) is 78.1 Å². The van der Waals surface area contributed by atoms with Gasteiger partial charge < -0.3 is 5.32 Å². The summed E-state index contributed by atoms with van der Waals surface area (Å²) in [6.07, 6.45) is 1.89. The largest absolute Gasteiger partial charge is 0.305 e. The quantitative estimate of drug-likeness (QED) is 0.770. The molecule has 100 valence electrons. The van der Waals surface area contributed by atoms with Crippen LogP contribution >= 0.6 is 0 Å². The molecular weight excluding hydrogens is 244 g/mol. The van der Waals surface area contributed by atoms with E-state index < -0.39 is 0 Å². The first-order valence-corrected chi connectivity index (χ1v) is 7.02. The van der Waals surface area contributed by atoms with E-state index in [0.29, 0.717) is 0 Å². The monoisotopic (exact) mass is 262 g/mol. The van der Waals surface area contributed by atoms with Crippen LogP contribution in [-0.2, 0) is 0 Å². The molecule has 0 amide bonds. The molecule has 1 atom stereocenters. The lowest BCUT2D eigenvalue weighted by Crippen LogP contribution is -2.23. The fraction of sp³-hybridized carbons (Fsp3) is 0.167. The van der Waals surface area contributed by atoms with Gasteiger partial charge in [-0.05, 0) is 23.6 Å². The van der Waals surface area contributed by atoms with Gasteiger partial charge in [-0.1, -0.05) is 61.5 Å². The zero-order valence-corrected chi connectivity index (χ0v) is 11.6. The van der Waals surface area contributed by atoms with Gasteiger partial charge in [0.25, 0.3) is 0 Å². The number of pyridine rings is 1. The molecule has 2 heteroatoms. The zero-order valence-electron chi connectivity index (χ0n) is 11.6. The normalized spacial score (nSPS) is 12.4. The van der Waals surface area contributed by atoms with Crippen molar-refractivity contribution in [2.75, 3.05) is 6.54 Å². The van der Waals surface area contributed by atoms with Gasteiger partial charge in [0.05, 0.1) is 11.7 Å². The summed E-state index contributed by atoms with van der Waals surface area (Å²) in [4.78, 5) is 4.64. The fourth-order valence-corrected chi connectivity index (χ4v) is 2.60. The van der Waals surface area contributed by atoms with Crippen molar-refractivity contribution in [2.24, 2.45) is 0 Å². The van der Waals surface area contributed by atoms with Crippen LogP contribution in [0.1, 0.15) is 24.2 Å². The SMILES string of the molecule is CCNC(c1ccccc1)c1nccc2ccccc12. The summed E-state index contributed by atoms with van der Waals surface area (Å²) >= 11 is 0. The minimum absolute atomic E-state index is 0.132. The van der Waals surface area contributed by atoms with Crippen LogP contribution in [0.3, 0.4) is 0 Å². The molecule has 0 bridgehead atoms. The third-order valence-electron chi connectivity index (χ3n) is 3.52. The Hall–Kier alpha value is -2.19. The van der Waals surface area contributed by atoms with Gasteiger partial charge in [0.1, 0.15) is 0 Å². The van der Waals surface area contributed by atoms with Gasteiger partial charge in [-0.3, -0.25) is 4.98 Å². The lowest BCUT2D eigenvalue weighted by molar-refractivity contribution is 0.620. The highest BCUT2D eigenvalue weighted by molar-refractivity contribution is 5.85. The summed E-state index contributed by atoms with van der Waals surface area (Å²) in [7, 11) is 0. The van der Waals surface area contributed by atoms with Crippen molar-refractivity contribution in [2.45, 2.75) is 13.0 Å². The van der Waals surface area contributed by atoms with Gasteiger partial charge in [0.15, 0.2) is 0 Å². The highest BCUT2D eigenvalue weighted by Crippen LogP contribution is 2.26. The average molecular weight is 262 g/mol. The molecule has 0 aliphatic carbocycles. The molecule has 1 aromatic heterocycles. The van der Waals surface area contributed by atoms with E-state index in [1.807, 2.05) is 12.3 Å². The lowest BCUT2D eigenvalue weighted by atomic mass is 9.98. The zero-order chi connectivity index (χ0) is 13.8. The third-order valence-corrected chi connectivity index (χ3v) is 3.52. The topological polar surface area (TPSA) is 24.9 Å². The summed E-state index contributed by atoms with van der Waals surface area (Å²) in [6, 6.07) is 21.1. The van der Waals surface area contributed by atoms with E-state index in [1.165, 1.54) is 16.3 Å². The van der Waals surface area contributed by atoms with Gasteiger partial charge >= 0.3 is 0 Å². The smallest absolute Gasteiger partial charge is 0.0757 e. The number of hydrogen-bond donors (Lipinski definition) is 1. The Labute approximate surface area is 119 Å². The van der Waals surface area contributed by atoms with Crippen LogP contribution in [0.15, 0.2) is 66.9 Å². The number of rotatable bonds is 4. The molecule has 0 spiro atoms. The van der Waals surface area contributed by atoms with Crippen LogP contribution in [0.25, 0.3) is 10.8 Å². The minimum Gasteiger partial charge on any atom is -0.305 e. The van der Waals surface area contributed by atoms with Crippen LogP contribution in [0.4, 0.5) is 0 Å². The third kappa shape index (κ3) is 2.43. The maximum atomic E-state index is 4.64. The van der Waals surface area contributed by atoms with E-state index in [1.54, 1.807) is 0 Å². The number of nitrogens with zero attached hydrogens (tertiary/aromatic N) is 1. The number of fused-ring (bicyclic) bond motifs is 1. The second-order valence-corrected chi connectivity index (χ2v) is 4.82. The number of nitrogens with one attached hydrogen (secondary N) is 1. The second-order valence-electron chi connectivity index (χ2n) is 4.82. The molecule has 2 aromatic carbocycles. The van der Waals surface area contributed by atoms with Crippen LogP contribution in [0.2, 0.25) is 0 Å². The molecule has 2 nitrogen and oxygen atoms in total. The predicted molar refractivity (Wildman–Crippen MR) is 83.7 cm³/mol. The summed E-state index contributed by atoms with van der Waals surface area (Å²) in [5.41, 5.74) is 2.34. The standard InChI is InChI=1S/C18H18N2/c1-2-19-17(15-9-4-3-5-10-15)18-16-11-7-6-8-14(16)12-13-20-18/h3-13,17,19H,2H2,1H3. The highest BCUT2D eigenvalue weighted by Gasteiger charge is 2.16. The van der Waals surface area contributed by atoms with Gasteiger partial charge in [0, 0.05) is 11.6 Å². The first-order valence-electron chi connectivity index (χ1n) is 7.02. The van der Waals surface area contributed by atoms with E-state index >= 15 is 0 Å².